The second-order valence-electron chi connectivity index (χ2n) is 17.3. The summed E-state index contributed by atoms with van der Waals surface area (Å²) in [6, 6.07) is 3.62. The summed E-state index contributed by atoms with van der Waals surface area (Å²) in [6.07, 6.45) is 1.71. The Morgan fingerprint density at radius 1 is 1.00 bits per heavy atom. The van der Waals surface area contributed by atoms with Gasteiger partial charge in [-0.25, -0.2) is 4.79 Å². The smallest absolute Gasteiger partial charge is 0.329 e. The summed E-state index contributed by atoms with van der Waals surface area (Å²) in [5, 5.41) is 32.2. The largest absolute Gasteiger partial charge is 0.497 e. The Morgan fingerprint density at radius 3 is 2.34 bits per heavy atom. The average Bonchev–Trinajstić information content (AvgIpc) is 3.85. The molecule has 314 valence electrons. The van der Waals surface area contributed by atoms with Gasteiger partial charge in [0.2, 0.25) is 17.7 Å². The minimum Gasteiger partial charge on any atom is -0.497 e. The van der Waals surface area contributed by atoms with Crippen molar-refractivity contribution in [2.75, 3.05) is 19.4 Å². The molecule has 0 aliphatic carbocycles. The van der Waals surface area contributed by atoms with Crippen molar-refractivity contribution in [2.24, 2.45) is 28.2 Å². The molecule has 3 heterocycles. The fraction of sp³-hybridized carbons (Fsp3) is 0.738. The van der Waals surface area contributed by atoms with Gasteiger partial charge in [0, 0.05) is 18.2 Å². The van der Waals surface area contributed by atoms with Crippen LogP contribution in [-0.2, 0) is 30.3 Å². The van der Waals surface area contributed by atoms with Crippen molar-refractivity contribution in [3.8, 4) is 5.75 Å². The van der Waals surface area contributed by atoms with Crippen LogP contribution in [0.15, 0.2) is 29.3 Å². The van der Waals surface area contributed by atoms with E-state index in [9.17, 15) is 29.4 Å². The number of aliphatic hydroxyl groups is 2. The molecule has 56 heavy (non-hydrogen) atoms. The second kappa shape index (κ2) is 20.5. The van der Waals surface area contributed by atoms with Gasteiger partial charge >= 0.3 is 5.97 Å². The molecule has 0 saturated carbocycles. The van der Waals surface area contributed by atoms with Crippen molar-refractivity contribution in [3.05, 3.63) is 29.8 Å². The maximum atomic E-state index is 14.2. The van der Waals surface area contributed by atoms with Gasteiger partial charge in [0.1, 0.15) is 36.2 Å². The lowest BCUT2D eigenvalue weighted by Crippen LogP contribution is -2.59. The number of amides is 3. The summed E-state index contributed by atoms with van der Waals surface area (Å²) in [7, 11) is 1.58. The van der Waals surface area contributed by atoms with E-state index in [1.807, 2.05) is 53.7 Å². The van der Waals surface area contributed by atoms with Gasteiger partial charge in [0.05, 0.1) is 30.3 Å². The van der Waals surface area contributed by atoms with Crippen LogP contribution >= 0.6 is 11.8 Å². The van der Waals surface area contributed by atoms with E-state index in [4.69, 9.17) is 14.5 Å². The number of rotatable bonds is 5. The molecular formula is C42H67N5O8S. The van der Waals surface area contributed by atoms with Gasteiger partial charge in [-0.05, 0) is 86.8 Å². The van der Waals surface area contributed by atoms with E-state index in [0.717, 1.165) is 16.4 Å². The van der Waals surface area contributed by atoms with Crippen LogP contribution in [0.3, 0.4) is 0 Å². The highest BCUT2D eigenvalue weighted by Crippen LogP contribution is 2.34. The number of ether oxygens (including phenoxy) is 2. The number of thioether (sulfide) groups is 1. The first-order valence-electron chi connectivity index (χ1n) is 20.5. The molecule has 0 spiro atoms. The number of cyclic esters (lactones) is 1. The maximum absolute atomic E-state index is 14.2. The highest BCUT2D eigenvalue weighted by atomic mass is 32.2. The molecule has 0 radical (unpaired) electrons. The van der Waals surface area contributed by atoms with E-state index >= 15 is 0 Å². The predicted molar refractivity (Wildman–Crippen MR) is 219 cm³/mol. The number of nitrogens with zero attached hydrogens (tertiary/aromatic N) is 2. The number of nitrogens with one attached hydrogen (secondary N) is 3. The normalized spacial score (nSPS) is 32.9. The quantitative estimate of drug-likeness (QED) is 0.271. The number of hydrogen-bond acceptors (Lipinski definition) is 11. The third-order valence-electron chi connectivity index (χ3n) is 11.6. The third kappa shape index (κ3) is 12.4. The number of benzene rings is 1. The monoisotopic (exact) mass is 801 g/mol. The molecule has 1 aromatic rings. The van der Waals surface area contributed by atoms with Crippen LogP contribution in [-0.4, -0.2) is 112 Å². The topological polar surface area (TPSA) is 179 Å². The van der Waals surface area contributed by atoms with Gasteiger partial charge in [0.15, 0.2) is 0 Å². The molecule has 14 heteroatoms. The Hall–Kier alpha value is -3.20. The molecule has 4 rings (SSSR count). The lowest BCUT2D eigenvalue weighted by atomic mass is 9.81. The number of carbonyl (C=O) groups excluding carboxylic acids is 4. The van der Waals surface area contributed by atoms with Crippen LogP contribution in [0.4, 0.5) is 0 Å². The van der Waals surface area contributed by atoms with Crippen LogP contribution in [0.1, 0.15) is 106 Å². The van der Waals surface area contributed by atoms with Crippen LogP contribution in [0.5, 0.6) is 5.75 Å². The molecule has 3 amide bonds. The van der Waals surface area contributed by atoms with Crippen molar-refractivity contribution in [3.63, 3.8) is 0 Å². The average molecular weight is 802 g/mol. The molecule has 3 aliphatic heterocycles. The van der Waals surface area contributed by atoms with E-state index < -0.39 is 65.8 Å². The second-order valence-corrected chi connectivity index (χ2v) is 18.4. The fourth-order valence-electron chi connectivity index (χ4n) is 7.56. The number of esters is 1. The van der Waals surface area contributed by atoms with Gasteiger partial charge in [-0.15, -0.1) is 11.8 Å². The highest BCUT2D eigenvalue weighted by Gasteiger charge is 2.42. The van der Waals surface area contributed by atoms with Crippen molar-refractivity contribution >= 4 is 40.5 Å². The van der Waals surface area contributed by atoms with Crippen molar-refractivity contribution in [2.45, 2.75) is 155 Å². The number of hydrogen-bond donors (Lipinski definition) is 5. The van der Waals surface area contributed by atoms with Crippen LogP contribution in [0.25, 0.3) is 0 Å². The van der Waals surface area contributed by atoms with Crippen LogP contribution < -0.4 is 20.7 Å². The summed E-state index contributed by atoms with van der Waals surface area (Å²) in [5.74, 6) is -0.848. The fourth-order valence-corrected chi connectivity index (χ4v) is 8.81. The first-order chi connectivity index (χ1) is 26.4. The van der Waals surface area contributed by atoms with E-state index in [1.54, 1.807) is 42.8 Å². The lowest BCUT2D eigenvalue weighted by molar-refractivity contribution is -0.164. The summed E-state index contributed by atoms with van der Waals surface area (Å²) < 4.78 is 11.5. The summed E-state index contributed by atoms with van der Waals surface area (Å²) in [6.45, 7) is 15.9. The molecule has 0 aromatic heterocycles. The minimum absolute atomic E-state index is 0.0263. The Kier molecular flexibility index (Phi) is 16.6. The first kappa shape index (κ1) is 45.5. The number of aliphatic imine (C=N–C) groups is 1. The number of aliphatic hydroxyl groups excluding tert-OH is 2. The zero-order valence-corrected chi connectivity index (χ0v) is 35.7. The standard InChI is InChI=1S/C42H67N5O8S/c1-10-25(3)36-40(52)47-19-11-12-32(47)41(53)55-34(42(6,7)8)21-24(2)20-33(48)26(4)39-44-29(23-56-39)15-18-35(49)45-31(38(51)43-27(5)37(50)46-36)22-28-13-16-30(54-9)17-14-28/h13-14,16-17,24-27,29,31-36,45,48-49H,10-12,15,18-23H2,1-9H3,(H,43,51)(H,46,50)/t24-,25-,26-,27-,29+,31-,32-,33-,34-,35?,36-/m0/s1. The Labute approximate surface area is 337 Å². The maximum Gasteiger partial charge on any atom is 0.329 e. The third-order valence-corrected chi connectivity index (χ3v) is 12.9. The molecule has 1 aromatic carbocycles. The van der Waals surface area contributed by atoms with Gasteiger partial charge in [0.25, 0.3) is 0 Å². The molecule has 1 fully saturated rings. The van der Waals surface area contributed by atoms with E-state index in [1.165, 1.54) is 0 Å². The molecule has 11 atom stereocenters. The zero-order chi connectivity index (χ0) is 41.3. The number of carbonyl (C=O) groups is 4. The first-order valence-corrected chi connectivity index (χ1v) is 21.5. The van der Waals surface area contributed by atoms with E-state index in [2.05, 4.69) is 22.9 Å². The SMILES string of the molecule is CC[C@H](C)[C@@H]1NC(=O)[C@H](C)NC(=O)[C@H](Cc2ccc(OC)cc2)NC(O)CC[C@@H]2CSC(=N2)[C@@H](C)[C@@H](O)C[C@H](C)C[C@@H](C(C)(C)C)OC(=O)[C@@H]2CCCN2C1=O. The Bertz CT molecular complexity index is 1520. The molecule has 3 aliphatic rings. The number of fused-ring (bicyclic) bond motifs is 2. The van der Waals surface area contributed by atoms with Gasteiger partial charge in [-0.3, -0.25) is 24.7 Å². The molecule has 1 unspecified atom stereocenters. The van der Waals surface area contributed by atoms with Crippen molar-refractivity contribution < 1.29 is 38.9 Å². The van der Waals surface area contributed by atoms with E-state index in [0.29, 0.717) is 57.2 Å². The van der Waals surface area contributed by atoms with Gasteiger partial charge < -0.3 is 35.2 Å². The molecule has 5 N–H and O–H groups in total. The summed E-state index contributed by atoms with van der Waals surface area (Å²) in [4.78, 5) is 62.2. The molecular weight excluding hydrogens is 735 g/mol. The van der Waals surface area contributed by atoms with Crippen LogP contribution in [0.2, 0.25) is 0 Å². The van der Waals surface area contributed by atoms with Crippen molar-refractivity contribution in [1.29, 1.82) is 0 Å². The molecule has 2 bridgehead atoms. The van der Waals surface area contributed by atoms with Crippen molar-refractivity contribution in [1.82, 2.24) is 20.9 Å². The molecule has 13 nitrogen and oxygen atoms in total. The van der Waals surface area contributed by atoms with Crippen LogP contribution in [0, 0.1) is 23.2 Å². The highest BCUT2D eigenvalue weighted by molar-refractivity contribution is 8.14. The lowest BCUT2D eigenvalue weighted by Gasteiger charge is -2.36. The predicted octanol–water partition coefficient (Wildman–Crippen LogP) is 4.22. The van der Waals surface area contributed by atoms with E-state index in [-0.39, 0.29) is 36.1 Å². The Morgan fingerprint density at radius 2 is 1.70 bits per heavy atom. The summed E-state index contributed by atoms with van der Waals surface area (Å²) >= 11 is 1.62. The summed E-state index contributed by atoms with van der Waals surface area (Å²) in [5.41, 5.74) is 0.432. The minimum atomic E-state index is -1.03. The van der Waals surface area contributed by atoms with Gasteiger partial charge in [-0.2, -0.15) is 0 Å². The molecule has 1 saturated heterocycles. The number of methoxy groups -OCH3 is 1. The Balaban J connectivity index is 1.63. The zero-order valence-electron chi connectivity index (χ0n) is 34.9. The van der Waals surface area contributed by atoms with Gasteiger partial charge in [-0.1, -0.05) is 67.0 Å².